The molecule has 1 aliphatic heterocycles. The van der Waals surface area contributed by atoms with Crippen LogP contribution in [0.15, 0.2) is 18.2 Å². The van der Waals surface area contributed by atoms with Crippen LogP contribution in [-0.4, -0.2) is 42.5 Å². The predicted molar refractivity (Wildman–Crippen MR) is 85.8 cm³/mol. The van der Waals surface area contributed by atoms with Gasteiger partial charge in [0.2, 0.25) is 0 Å². The van der Waals surface area contributed by atoms with Crippen molar-refractivity contribution in [3.05, 3.63) is 29.3 Å². The molecule has 1 aromatic rings. The van der Waals surface area contributed by atoms with Crippen molar-refractivity contribution in [2.45, 2.75) is 45.2 Å². The van der Waals surface area contributed by atoms with E-state index in [4.69, 9.17) is 0 Å². The van der Waals surface area contributed by atoms with E-state index in [-0.39, 0.29) is 5.91 Å². The van der Waals surface area contributed by atoms with Gasteiger partial charge in [-0.15, -0.1) is 0 Å². The van der Waals surface area contributed by atoms with Gasteiger partial charge in [-0.05, 0) is 56.9 Å². The highest BCUT2D eigenvalue weighted by atomic mass is 16.1. The lowest BCUT2D eigenvalue weighted by Crippen LogP contribution is -2.28. The Morgan fingerprint density at radius 1 is 1.33 bits per heavy atom. The molecule has 3 rings (SSSR count). The first kappa shape index (κ1) is 14.4. The largest absolute Gasteiger partial charge is 0.381 e. The van der Waals surface area contributed by atoms with E-state index in [9.17, 15) is 4.79 Å². The first-order chi connectivity index (χ1) is 10.2. The number of likely N-dealkylation sites (tertiary alicyclic amines) is 1. The van der Waals surface area contributed by atoms with Crippen molar-refractivity contribution in [1.29, 1.82) is 0 Å². The minimum absolute atomic E-state index is 0.00734. The zero-order valence-electron chi connectivity index (χ0n) is 13.0. The van der Waals surface area contributed by atoms with Crippen molar-refractivity contribution >= 4 is 11.6 Å². The van der Waals surface area contributed by atoms with Crippen LogP contribution >= 0.6 is 0 Å². The Kier molecular flexibility index (Phi) is 4.15. The summed E-state index contributed by atoms with van der Waals surface area (Å²) in [6, 6.07) is 7.33. The molecular formula is C17H25N3O. The highest BCUT2D eigenvalue weighted by molar-refractivity contribution is 5.94. The normalized spacial score (nSPS) is 22.3. The number of rotatable bonds is 5. The molecule has 2 N–H and O–H groups in total. The smallest absolute Gasteiger partial charge is 0.251 e. The molecule has 1 saturated heterocycles. The summed E-state index contributed by atoms with van der Waals surface area (Å²) < 4.78 is 0. The number of amides is 1. The third-order valence-corrected chi connectivity index (χ3v) is 4.47. The van der Waals surface area contributed by atoms with Crippen LogP contribution in [0.25, 0.3) is 0 Å². The van der Waals surface area contributed by atoms with Gasteiger partial charge in [-0.3, -0.25) is 9.69 Å². The van der Waals surface area contributed by atoms with Crippen LogP contribution < -0.4 is 10.6 Å². The SMILES string of the molecule is CCNC(=O)c1ccc(NC2CCN(C3CC3)C2)c(C)c1. The molecule has 0 radical (unpaired) electrons. The molecule has 4 nitrogen and oxygen atoms in total. The lowest BCUT2D eigenvalue weighted by atomic mass is 10.1. The molecule has 21 heavy (non-hydrogen) atoms. The molecule has 1 saturated carbocycles. The van der Waals surface area contributed by atoms with Gasteiger partial charge >= 0.3 is 0 Å². The molecule has 0 spiro atoms. The number of anilines is 1. The van der Waals surface area contributed by atoms with Crippen molar-refractivity contribution in [2.75, 3.05) is 25.0 Å². The van der Waals surface area contributed by atoms with Crippen molar-refractivity contribution in [3.63, 3.8) is 0 Å². The molecule has 1 heterocycles. The molecule has 4 heteroatoms. The highest BCUT2D eigenvalue weighted by Crippen LogP contribution is 2.31. The van der Waals surface area contributed by atoms with E-state index in [0.717, 1.165) is 29.4 Å². The second kappa shape index (κ2) is 6.06. The Labute approximate surface area is 126 Å². The maximum atomic E-state index is 11.8. The lowest BCUT2D eigenvalue weighted by molar-refractivity contribution is 0.0956. The predicted octanol–water partition coefficient (Wildman–Crippen LogP) is 2.39. The van der Waals surface area contributed by atoms with Gasteiger partial charge in [0.1, 0.15) is 0 Å². The van der Waals surface area contributed by atoms with Gasteiger partial charge in [0.25, 0.3) is 5.91 Å². The molecule has 1 amide bonds. The fourth-order valence-electron chi connectivity index (χ4n) is 3.13. The van der Waals surface area contributed by atoms with Gasteiger partial charge < -0.3 is 10.6 Å². The molecule has 1 atom stereocenters. The molecule has 1 aromatic carbocycles. The number of nitrogens with one attached hydrogen (secondary N) is 2. The zero-order valence-corrected chi connectivity index (χ0v) is 13.0. The van der Waals surface area contributed by atoms with Crippen LogP contribution in [0, 0.1) is 6.92 Å². The van der Waals surface area contributed by atoms with Gasteiger partial charge in [-0.25, -0.2) is 0 Å². The minimum Gasteiger partial charge on any atom is -0.381 e. The Balaban J connectivity index is 1.62. The Bertz CT molecular complexity index is 525. The Morgan fingerprint density at radius 2 is 2.14 bits per heavy atom. The van der Waals surface area contributed by atoms with Crippen molar-refractivity contribution in [3.8, 4) is 0 Å². The van der Waals surface area contributed by atoms with E-state index in [1.807, 2.05) is 25.1 Å². The van der Waals surface area contributed by atoms with Gasteiger partial charge in [0.05, 0.1) is 0 Å². The van der Waals surface area contributed by atoms with E-state index in [0.29, 0.717) is 12.6 Å². The molecular weight excluding hydrogens is 262 g/mol. The monoisotopic (exact) mass is 287 g/mol. The number of hydrogen-bond acceptors (Lipinski definition) is 3. The van der Waals surface area contributed by atoms with Crippen molar-refractivity contribution in [1.82, 2.24) is 10.2 Å². The number of hydrogen-bond donors (Lipinski definition) is 2. The van der Waals surface area contributed by atoms with Gasteiger partial charge in [-0.1, -0.05) is 0 Å². The summed E-state index contributed by atoms with van der Waals surface area (Å²) in [5.41, 5.74) is 3.04. The Hall–Kier alpha value is -1.55. The third kappa shape index (κ3) is 3.38. The summed E-state index contributed by atoms with van der Waals surface area (Å²) in [5.74, 6) is 0.00734. The second-order valence-electron chi connectivity index (χ2n) is 6.25. The molecule has 0 aromatic heterocycles. The molecule has 0 bridgehead atoms. The van der Waals surface area contributed by atoms with Crippen LogP contribution in [0.2, 0.25) is 0 Å². The van der Waals surface area contributed by atoms with E-state index in [1.165, 1.54) is 25.8 Å². The quantitative estimate of drug-likeness (QED) is 0.874. The van der Waals surface area contributed by atoms with Gasteiger partial charge in [0.15, 0.2) is 0 Å². The summed E-state index contributed by atoms with van der Waals surface area (Å²) in [6.07, 6.45) is 3.98. The average Bonchev–Trinajstić information content (AvgIpc) is 3.22. The maximum absolute atomic E-state index is 11.8. The topological polar surface area (TPSA) is 44.4 Å². The third-order valence-electron chi connectivity index (χ3n) is 4.47. The second-order valence-corrected chi connectivity index (χ2v) is 6.25. The highest BCUT2D eigenvalue weighted by Gasteiger charge is 2.34. The number of carbonyl (C=O) groups excluding carboxylic acids is 1. The first-order valence-electron chi connectivity index (χ1n) is 8.07. The molecule has 2 aliphatic rings. The number of nitrogens with zero attached hydrogens (tertiary/aromatic N) is 1. The van der Waals surface area contributed by atoms with E-state index >= 15 is 0 Å². The summed E-state index contributed by atoms with van der Waals surface area (Å²) in [5, 5.41) is 6.49. The average molecular weight is 287 g/mol. The van der Waals surface area contributed by atoms with E-state index < -0.39 is 0 Å². The van der Waals surface area contributed by atoms with Crippen LogP contribution in [0.4, 0.5) is 5.69 Å². The molecule has 1 aliphatic carbocycles. The summed E-state index contributed by atoms with van der Waals surface area (Å²) in [6.45, 7) is 7.04. The van der Waals surface area contributed by atoms with Crippen molar-refractivity contribution in [2.24, 2.45) is 0 Å². The fraction of sp³-hybridized carbons (Fsp3) is 0.588. The van der Waals surface area contributed by atoms with E-state index in [1.54, 1.807) is 0 Å². The minimum atomic E-state index is 0.00734. The summed E-state index contributed by atoms with van der Waals surface area (Å²) >= 11 is 0. The van der Waals surface area contributed by atoms with Crippen LogP contribution in [-0.2, 0) is 0 Å². The first-order valence-corrected chi connectivity index (χ1v) is 8.07. The number of benzene rings is 1. The van der Waals surface area contributed by atoms with Crippen LogP contribution in [0.3, 0.4) is 0 Å². The molecule has 114 valence electrons. The zero-order chi connectivity index (χ0) is 14.8. The Morgan fingerprint density at radius 3 is 2.81 bits per heavy atom. The number of carbonyl (C=O) groups is 1. The molecule has 2 fully saturated rings. The van der Waals surface area contributed by atoms with Crippen LogP contribution in [0.1, 0.15) is 42.1 Å². The molecule has 1 unspecified atom stereocenters. The fourth-order valence-corrected chi connectivity index (χ4v) is 3.13. The van der Waals surface area contributed by atoms with Gasteiger partial charge in [-0.2, -0.15) is 0 Å². The van der Waals surface area contributed by atoms with E-state index in [2.05, 4.69) is 22.5 Å². The summed E-state index contributed by atoms with van der Waals surface area (Å²) in [7, 11) is 0. The lowest BCUT2D eigenvalue weighted by Gasteiger charge is -2.18. The van der Waals surface area contributed by atoms with Gasteiger partial charge in [0, 0.05) is 43.0 Å². The van der Waals surface area contributed by atoms with Crippen molar-refractivity contribution < 1.29 is 4.79 Å². The number of aryl methyl sites for hydroxylation is 1. The standard InChI is InChI=1S/C17H25N3O/c1-3-18-17(21)13-4-7-16(12(2)10-13)19-14-8-9-20(11-14)15-5-6-15/h4,7,10,14-15,19H,3,5-6,8-9,11H2,1-2H3,(H,18,21). The maximum Gasteiger partial charge on any atom is 0.251 e. The summed E-state index contributed by atoms with van der Waals surface area (Å²) in [4.78, 5) is 14.4. The van der Waals surface area contributed by atoms with Crippen LogP contribution in [0.5, 0.6) is 0 Å².